The Labute approximate surface area is 202 Å². The van der Waals surface area contributed by atoms with Crippen molar-refractivity contribution in [3.05, 3.63) is 41.0 Å². The SMILES string of the molecule is COc1cc(OC)c2c(OC)cc(C)c(-c3c(OC)cc(OC)c4c3C[C@H](C)N(C)[C@@H]4C)c2c1. The van der Waals surface area contributed by atoms with Crippen LogP contribution in [0, 0.1) is 6.92 Å². The fourth-order valence-corrected chi connectivity index (χ4v) is 5.37. The number of hydrogen-bond acceptors (Lipinski definition) is 6. The van der Waals surface area contributed by atoms with E-state index in [0.717, 1.165) is 56.9 Å². The van der Waals surface area contributed by atoms with Gasteiger partial charge >= 0.3 is 0 Å². The normalized spacial score (nSPS) is 17.9. The summed E-state index contributed by atoms with van der Waals surface area (Å²) in [5.74, 6) is 3.83. The van der Waals surface area contributed by atoms with Gasteiger partial charge in [-0.15, -0.1) is 0 Å². The van der Waals surface area contributed by atoms with Gasteiger partial charge in [0.25, 0.3) is 0 Å². The van der Waals surface area contributed by atoms with Gasteiger partial charge in [0.15, 0.2) is 0 Å². The van der Waals surface area contributed by atoms with Crippen LogP contribution in [0.25, 0.3) is 21.9 Å². The molecule has 1 aliphatic heterocycles. The highest BCUT2D eigenvalue weighted by molar-refractivity contribution is 6.07. The van der Waals surface area contributed by atoms with Crippen molar-refractivity contribution in [2.45, 2.75) is 39.3 Å². The van der Waals surface area contributed by atoms with Crippen molar-refractivity contribution in [1.82, 2.24) is 4.90 Å². The lowest BCUT2D eigenvalue weighted by Gasteiger charge is -2.40. The Morgan fingerprint density at radius 3 is 1.94 bits per heavy atom. The molecule has 34 heavy (non-hydrogen) atoms. The molecule has 0 saturated carbocycles. The van der Waals surface area contributed by atoms with E-state index in [1.54, 1.807) is 35.5 Å². The van der Waals surface area contributed by atoms with E-state index >= 15 is 0 Å². The molecule has 3 aromatic carbocycles. The molecule has 3 aromatic rings. The van der Waals surface area contributed by atoms with Gasteiger partial charge in [-0.2, -0.15) is 0 Å². The first kappa shape index (κ1) is 24.0. The number of rotatable bonds is 6. The molecule has 0 unspecified atom stereocenters. The maximum absolute atomic E-state index is 5.99. The molecular formula is C28H35NO5. The summed E-state index contributed by atoms with van der Waals surface area (Å²) < 4.78 is 29.1. The summed E-state index contributed by atoms with van der Waals surface area (Å²) in [6, 6.07) is 8.61. The molecule has 0 amide bonds. The highest BCUT2D eigenvalue weighted by Gasteiger charge is 2.34. The number of likely N-dealkylation sites (N-methyl/N-ethyl adjacent to an activating group) is 1. The van der Waals surface area contributed by atoms with Gasteiger partial charge in [0, 0.05) is 40.7 Å². The summed E-state index contributed by atoms with van der Waals surface area (Å²) in [6.45, 7) is 6.61. The van der Waals surface area contributed by atoms with E-state index < -0.39 is 0 Å². The third-order valence-electron chi connectivity index (χ3n) is 7.32. The first-order valence-corrected chi connectivity index (χ1v) is 11.5. The summed E-state index contributed by atoms with van der Waals surface area (Å²) in [5.41, 5.74) is 5.73. The Bertz CT molecular complexity index is 1240. The monoisotopic (exact) mass is 465 g/mol. The fraction of sp³-hybridized carbons (Fsp3) is 0.429. The average molecular weight is 466 g/mol. The molecule has 6 heteroatoms. The van der Waals surface area contributed by atoms with Crippen LogP contribution >= 0.6 is 0 Å². The van der Waals surface area contributed by atoms with Gasteiger partial charge in [-0.1, -0.05) is 0 Å². The van der Waals surface area contributed by atoms with Crippen molar-refractivity contribution in [2.75, 3.05) is 42.6 Å². The minimum absolute atomic E-state index is 0.201. The van der Waals surface area contributed by atoms with E-state index in [2.05, 4.69) is 44.9 Å². The molecule has 182 valence electrons. The highest BCUT2D eigenvalue weighted by Crippen LogP contribution is 2.52. The zero-order valence-corrected chi connectivity index (χ0v) is 21.7. The zero-order chi connectivity index (χ0) is 24.7. The van der Waals surface area contributed by atoms with Crippen LogP contribution in [0.15, 0.2) is 24.3 Å². The van der Waals surface area contributed by atoms with Crippen molar-refractivity contribution in [1.29, 1.82) is 0 Å². The van der Waals surface area contributed by atoms with Crippen LogP contribution in [0.5, 0.6) is 28.7 Å². The molecule has 0 N–H and O–H groups in total. The van der Waals surface area contributed by atoms with Gasteiger partial charge < -0.3 is 23.7 Å². The Morgan fingerprint density at radius 1 is 0.735 bits per heavy atom. The molecule has 0 aromatic heterocycles. The smallest absolute Gasteiger partial charge is 0.134 e. The first-order chi connectivity index (χ1) is 16.3. The summed E-state index contributed by atoms with van der Waals surface area (Å²) in [5, 5.41) is 1.91. The predicted molar refractivity (Wildman–Crippen MR) is 136 cm³/mol. The maximum Gasteiger partial charge on any atom is 0.134 e. The molecular weight excluding hydrogens is 430 g/mol. The third-order valence-corrected chi connectivity index (χ3v) is 7.32. The molecule has 0 spiro atoms. The summed E-state index contributed by atoms with van der Waals surface area (Å²) >= 11 is 0. The van der Waals surface area contributed by atoms with Gasteiger partial charge in [-0.05, 0) is 63.1 Å². The second-order valence-corrected chi connectivity index (χ2v) is 8.97. The number of nitrogens with zero attached hydrogens (tertiary/aromatic N) is 1. The van der Waals surface area contributed by atoms with Crippen molar-refractivity contribution >= 4 is 10.8 Å². The van der Waals surface area contributed by atoms with Crippen LogP contribution in [-0.4, -0.2) is 53.5 Å². The van der Waals surface area contributed by atoms with Crippen LogP contribution in [0.3, 0.4) is 0 Å². The lowest BCUT2D eigenvalue weighted by atomic mass is 9.81. The number of benzene rings is 3. The van der Waals surface area contributed by atoms with Crippen LogP contribution < -0.4 is 23.7 Å². The molecule has 1 aliphatic rings. The largest absolute Gasteiger partial charge is 0.497 e. The third kappa shape index (κ3) is 3.61. The molecule has 0 saturated heterocycles. The quantitative estimate of drug-likeness (QED) is 0.459. The van der Waals surface area contributed by atoms with Crippen LogP contribution in [0.1, 0.15) is 36.6 Å². The summed E-state index contributed by atoms with van der Waals surface area (Å²) in [4.78, 5) is 2.39. The minimum atomic E-state index is 0.201. The number of fused-ring (bicyclic) bond motifs is 2. The van der Waals surface area contributed by atoms with Crippen molar-refractivity contribution < 1.29 is 23.7 Å². The molecule has 4 rings (SSSR count). The summed E-state index contributed by atoms with van der Waals surface area (Å²) in [7, 11) is 10.6. The van der Waals surface area contributed by atoms with Crippen molar-refractivity contribution in [3.63, 3.8) is 0 Å². The van der Waals surface area contributed by atoms with Gasteiger partial charge in [0.05, 0.1) is 40.9 Å². The molecule has 2 atom stereocenters. The van der Waals surface area contributed by atoms with E-state index in [-0.39, 0.29) is 6.04 Å². The van der Waals surface area contributed by atoms with Gasteiger partial charge in [-0.3, -0.25) is 4.90 Å². The number of hydrogen-bond donors (Lipinski definition) is 0. The first-order valence-electron chi connectivity index (χ1n) is 11.5. The Kier molecular flexibility index (Phi) is 6.54. The van der Waals surface area contributed by atoms with E-state index in [0.29, 0.717) is 11.8 Å². The summed E-state index contributed by atoms with van der Waals surface area (Å²) in [6.07, 6.45) is 0.882. The van der Waals surface area contributed by atoms with Gasteiger partial charge in [0.2, 0.25) is 0 Å². The predicted octanol–water partition coefficient (Wildman–Crippen LogP) is 5.80. The fourth-order valence-electron chi connectivity index (χ4n) is 5.37. The molecule has 0 radical (unpaired) electrons. The van der Waals surface area contributed by atoms with Crippen LogP contribution in [-0.2, 0) is 6.42 Å². The second-order valence-electron chi connectivity index (χ2n) is 8.97. The number of aryl methyl sites for hydroxylation is 1. The van der Waals surface area contributed by atoms with E-state index in [1.807, 2.05) is 12.1 Å². The van der Waals surface area contributed by atoms with Crippen molar-refractivity contribution in [3.8, 4) is 39.9 Å². The van der Waals surface area contributed by atoms with Crippen molar-refractivity contribution in [2.24, 2.45) is 0 Å². The molecule has 0 fully saturated rings. The van der Waals surface area contributed by atoms with Crippen LogP contribution in [0.2, 0.25) is 0 Å². The molecule has 1 heterocycles. The molecule has 0 bridgehead atoms. The Hall–Kier alpha value is -3.12. The zero-order valence-electron chi connectivity index (χ0n) is 21.7. The minimum Gasteiger partial charge on any atom is -0.497 e. The second kappa shape index (κ2) is 9.26. The Balaban J connectivity index is 2.21. The van der Waals surface area contributed by atoms with Gasteiger partial charge in [-0.25, -0.2) is 0 Å². The standard InChI is InChI=1S/C28H35NO5/c1-15-10-21(31-6)27-20(12-18(30-5)13-22(27)32-7)25(15)28-19-11-16(2)29(4)17(3)26(19)23(33-8)14-24(28)34-9/h10,12-14,16-17H,11H2,1-9H3/t16-,17+/m0/s1. The van der Waals surface area contributed by atoms with Crippen LogP contribution in [0.4, 0.5) is 0 Å². The number of methoxy groups -OCH3 is 5. The van der Waals surface area contributed by atoms with E-state index in [1.165, 1.54) is 11.1 Å². The average Bonchev–Trinajstić information content (AvgIpc) is 2.85. The maximum atomic E-state index is 5.99. The van der Waals surface area contributed by atoms with Gasteiger partial charge in [0.1, 0.15) is 28.7 Å². The highest BCUT2D eigenvalue weighted by atomic mass is 16.5. The lowest BCUT2D eigenvalue weighted by Crippen LogP contribution is -2.38. The van der Waals surface area contributed by atoms with E-state index in [4.69, 9.17) is 23.7 Å². The number of ether oxygens (including phenoxy) is 5. The lowest BCUT2D eigenvalue weighted by molar-refractivity contribution is 0.175. The Morgan fingerprint density at radius 2 is 1.35 bits per heavy atom. The molecule has 6 nitrogen and oxygen atoms in total. The molecule has 0 aliphatic carbocycles. The topological polar surface area (TPSA) is 49.4 Å². The van der Waals surface area contributed by atoms with E-state index in [9.17, 15) is 0 Å².